The number of carbonyl (C=O) groups is 1. The van der Waals surface area contributed by atoms with Gasteiger partial charge in [-0.1, -0.05) is 41.9 Å². The summed E-state index contributed by atoms with van der Waals surface area (Å²) in [6, 6.07) is 16.6. The van der Waals surface area contributed by atoms with E-state index in [0.717, 1.165) is 12.2 Å². The van der Waals surface area contributed by atoms with Crippen LogP contribution >= 0.6 is 11.6 Å². The second kappa shape index (κ2) is 8.95. The number of rotatable bonds is 8. The van der Waals surface area contributed by atoms with Gasteiger partial charge in [0.15, 0.2) is 6.61 Å². The first kappa shape index (κ1) is 16.2. The van der Waals surface area contributed by atoms with Crippen LogP contribution in [0.4, 0.5) is 0 Å². The lowest BCUT2D eigenvalue weighted by Gasteiger charge is -2.09. The molecule has 116 valence electrons. The van der Waals surface area contributed by atoms with Gasteiger partial charge in [0.25, 0.3) is 5.91 Å². The number of halogens is 1. The van der Waals surface area contributed by atoms with Crippen molar-refractivity contribution < 1.29 is 14.3 Å². The fraction of sp³-hybridized carbons (Fsp3) is 0.235. The van der Waals surface area contributed by atoms with E-state index < -0.39 is 0 Å². The normalized spacial score (nSPS) is 10.0. The van der Waals surface area contributed by atoms with Gasteiger partial charge in [0.2, 0.25) is 0 Å². The minimum Gasteiger partial charge on any atom is -0.494 e. The second-order valence-electron chi connectivity index (χ2n) is 4.58. The van der Waals surface area contributed by atoms with E-state index in [4.69, 9.17) is 21.1 Å². The Kier molecular flexibility index (Phi) is 6.58. The minimum absolute atomic E-state index is 0.0523. The van der Waals surface area contributed by atoms with Crippen molar-refractivity contribution in [2.45, 2.75) is 6.42 Å². The van der Waals surface area contributed by atoms with Crippen LogP contribution in [-0.2, 0) is 4.79 Å². The highest BCUT2D eigenvalue weighted by Gasteiger charge is 2.04. The van der Waals surface area contributed by atoms with Crippen molar-refractivity contribution in [1.29, 1.82) is 0 Å². The second-order valence-corrected chi connectivity index (χ2v) is 4.99. The zero-order valence-corrected chi connectivity index (χ0v) is 12.9. The topological polar surface area (TPSA) is 47.6 Å². The van der Waals surface area contributed by atoms with Gasteiger partial charge >= 0.3 is 0 Å². The number of carbonyl (C=O) groups excluding carboxylic acids is 1. The molecule has 0 heterocycles. The molecule has 22 heavy (non-hydrogen) atoms. The Balaban J connectivity index is 1.57. The van der Waals surface area contributed by atoms with Crippen LogP contribution in [0.2, 0.25) is 5.02 Å². The van der Waals surface area contributed by atoms with Gasteiger partial charge in [-0.15, -0.1) is 0 Å². The predicted octanol–water partition coefficient (Wildman–Crippen LogP) is 3.30. The van der Waals surface area contributed by atoms with Gasteiger partial charge in [0, 0.05) is 6.54 Å². The molecule has 0 aliphatic heterocycles. The number of amides is 1. The molecule has 0 aromatic heterocycles. The molecule has 0 saturated carbocycles. The Morgan fingerprint density at radius 1 is 1.00 bits per heavy atom. The molecule has 0 fully saturated rings. The summed E-state index contributed by atoms with van der Waals surface area (Å²) in [6.45, 7) is 1.04. The Morgan fingerprint density at radius 3 is 2.50 bits per heavy atom. The molecule has 0 spiro atoms. The molecular weight excluding hydrogens is 302 g/mol. The standard InChI is InChI=1S/C17H18ClNO3/c18-15-9-4-5-10-16(15)22-13-17(20)19-11-6-12-21-14-7-2-1-3-8-14/h1-5,7-10H,6,11-13H2,(H,19,20). The van der Waals surface area contributed by atoms with E-state index >= 15 is 0 Å². The monoisotopic (exact) mass is 319 g/mol. The molecule has 4 nitrogen and oxygen atoms in total. The molecule has 0 unspecified atom stereocenters. The fourth-order valence-electron chi connectivity index (χ4n) is 1.76. The summed E-state index contributed by atoms with van der Waals surface area (Å²) in [6.07, 6.45) is 0.729. The van der Waals surface area contributed by atoms with Gasteiger partial charge in [-0.2, -0.15) is 0 Å². The van der Waals surface area contributed by atoms with Crippen LogP contribution in [0.15, 0.2) is 54.6 Å². The Morgan fingerprint density at radius 2 is 1.73 bits per heavy atom. The number of para-hydroxylation sites is 2. The van der Waals surface area contributed by atoms with Crippen molar-refractivity contribution in [3.63, 3.8) is 0 Å². The summed E-state index contributed by atoms with van der Waals surface area (Å²) < 4.78 is 10.9. The summed E-state index contributed by atoms with van der Waals surface area (Å²) in [5.74, 6) is 1.15. The maximum atomic E-state index is 11.6. The van der Waals surface area contributed by atoms with Crippen molar-refractivity contribution in [2.75, 3.05) is 19.8 Å². The zero-order valence-electron chi connectivity index (χ0n) is 12.1. The average Bonchev–Trinajstić information content (AvgIpc) is 2.55. The van der Waals surface area contributed by atoms with E-state index in [1.54, 1.807) is 18.2 Å². The molecule has 0 saturated heterocycles. The van der Waals surface area contributed by atoms with Gasteiger partial charge in [0.05, 0.1) is 11.6 Å². The van der Waals surface area contributed by atoms with Crippen LogP contribution in [0.1, 0.15) is 6.42 Å². The molecule has 0 aliphatic rings. The maximum absolute atomic E-state index is 11.6. The number of ether oxygens (including phenoxy) is 2. The Labute approximate surface area is 135 Å². The van der Waals surface area contributed by atoms with Crippen LogP contribution in [0, 0.1) is 0 Å². The van der Waals surface area contributed by atoms with Crippen LogP contribution in [0.25, 0.3) is 0 Å². The van der Waals surface area contributed by atoms with E-state index in [1.165, 1.54) is 0 Å². The van der Waals surface area contributed by atoms with Crippen LogP contribution < -0.4 is 14.8 Å². The lowest BCUT2D eigenvalue weighted by Crippen LogP contribution is -2.30. The quantitative estimate of drug-likeness (QED) is 0.759. The van der Waals surface area contributed by atoms with E-state index in [2.05, 4.69) is 5.32 Å². The molecule has 1 amide bonds. The van der Waals surface area contributed by atoms with Crippen molar-refractivity contribution in [3.05, 3.63) is 59.6 Å². The average molecular weight is 320 g/mol. The van der Waals surface area contributed by atoms with E-state index in [-0.39, 0.29) is 12.5 Å². The SMILES string of the molecule is O=C(COc1ccccc1Cl)NCCCOc1ccccc1. The lowest BCUT2D eigenvalue weighted by atomic mass is 10.3. The largest absolute Gasteiger partial charge is 0.494 e. The summed E-state index contributed by atoms with van der Waals surface area (Å²) in [4.78, 5) is 11.6. The molecule has 2 aromatic carbocycles. The van der Waals surface area contributed by atoms with Gasteiger partial charge in [-0.3, -0.25) is 4.79 Å². The van der Waals surface area contributed by atoms with Gasteiger partial charge < -0.3 is 14.8 Å². The number of nitrogens with one attached hydrogen (secondary N) is 1. The number of benzene rings is 2. The molecule has 5 heteroatoms. The van der Waals surface area contributed by atoms with E-state index in [1.807, 2.05) is 36.4 Å². The van der Waals surface area contributed by atoms with Crippen molar-refractivity contribution in [2.24, 2.45) is 0 Å². The highest BCUT2D eigenvalue weighted by molar-refractivity contribution is 6.32. The Bertz CT molecular complexity index is 589. The van der Waals surface area contributed by atoms with Crippen LogP contribution in [-0.4, -0.2) is 25.7 Å². The summed E-state index contributed by atoms with van der Waals surface area (Å²) in [5.41, 5.74) is 0. The third-order valence-corrected chi connectivity index (χ3v) is 3.16. The molecule has 2 rings (SSSR count). The summed E-state index contributed by atoms with van der Waals surface area (Å²) >= 11 is 5.94. The number of hydrogen-bond donors (Lipinski definition) is 1. The van der Waals surface area contributed by atoms with E-state index in [9.17, 15) is 4.79 Å². The van der Waals surface area contributed by atoms with Gasteiger partial charge in [-0.25, -0.2) is 0 Å². The molecule has 0 atom stereocenters. The third kappa shape index (κ3) is 5.66. The maximum Gasteiger partial charge on any atom is 0.257 e. The first-order chi connectivity index (χ1) is 10.8. The molecular formula is C17H18ClNO3. The highest BCUT2D eigenvalue weighted by atomic mass is 35.5. The first-order valence-corrected chi connectivity index (χ1v) is 7.45. The molecule has 1 N–H and O–H groups in total. The highest BCUT2D eigenvalue weighted by Crippen LogP contribution is 2.22. The van der Waals surface area contributed by atoms with E-state index in [0.29, 0.717) is 23.9 Å². The lowest BCUT2D eigenvalue weighted by molar-refractivity contribution is -0.123. The molecule has 2 aromatic rings. The predicted molar refractivity (Wildman–Crippen MR) is 86.5 cm³/mol. The van der Waals surface area contributed by atoms with Gasteiger partial charge in [-0.05, 0) is 30.7 Å². The van der Waals surface area contributed by atoms with Gasteiger partial charge in [0.1, 0.15) is 11.5 Å². The molecule has 0 bridgehead atoms. The Hall–Kier alpha value is -2.20. The summed E-state index contributed by atoms with van der Waals surface area (Å²) in [5, 5.41) is 3.26. The molecule has 0 aliphatic carbocycles. The van der Waals surface area contributed by atoms with Crippen molar-refractivity contribution in [1.82, 2.24) is 5.32 Å². The summed E-state index contributed by atoms with van der Waals surface area (Å²) in [7, 11) is 0. The zero-order chi connectivity index (χ0) is 15.6. The smallest absolute Gasteiger partial charge is 0.257 e. The first-order valence-electron chi connectivity index (χ1n) is 7.07. The van der Waals surface area contributed by atoms with Crippen molar-refractivity contribution in [3.8, 4) is 11.5 Å². The fourth-order valence-corrected chi connectivity index (χ4v) is 1.95. The third-order valence-electron chi connectivity index (χ3n) is 2.85. The minimum atomic E-state index is -0.181. The van der Waals surface area contributed by atoms with Crippen LogP contribution in [0.3, 0.4) is 0 Å². The van der Waals surface area contributed by atoms with Crippen molar-refractivity contribution >= 4 is 17.5 Å². The molecule has 0 radical (unpaired) electrons. The number of hydrogen-bond acceptors (Lipinski definition) is 3. The van der Waals surface area contributed by atoms with Crippen LogP contribution in [0.5, 0.6) is 11.5 Å².